The Hall–Kier alpha value is -0.800. The van der Waals surface area contributed by atoms with Crippen LogP contribution < -0.4 is 5.32 Å². The van der Waals surface area contributed by atoms with E-state index >= 15 is 0 Å². The molecule has 16 heavy (non-hydrogen) atoms. The number of halogens is 2. The Morgan fingerprint density at radius 2 is 2.19 bits per heavy atom. The molecule has 1 aliphatic rings. The smallest absolute Gasteiger partial charge is 0.124 e. The monoisotopic (exact) mass is 243 g/mol. The topological polar surface area (TPSA) is 21.3 Å². The molecule has 1 aromatic rings. The molecule has 4 heteroatoms. The molecule has 0 bridgehead atoms. The van der Waals surface area contributed by atoms with Gasteiger partial charge in [-0.3, -0.25) is 0 Å². The SMILES string of the molecule is Fc1ccc(NC2CCCOCC2)c(Cl)c1. The summed E-state index contributed by atoms with van der Waals surface area (Å²) in [5, 5.41) is 3.77. The van der Waals surface area contributed by atoms with Crippen LogP contribution in [-0.2, 0) is 4.74 Å². The molecular weight excluding hydrogens is 229 g/mol. The Morgan fingerprint density at radius 1 is 1.31 bits per heavy atom. The quantitative estimate of drug-likeness (QED) is 0.859. The molecule has 88 valence electrons. The minimum Gasteiger partial charge on any atom is -0.381 e. The fourth-order valence-corrected chi connectivity index (χ4v) is 2.10. The lowest BCUT2D eigenvalue weighted by atomic mass is 10.1. The minimum atomic E-state index is -0.306. The molecule has 1 N–H and O–H groups in total. The van der Waals surface area contributed by atoms with Gasteiger partial charge in [0, 0.05) is 19.3 Å². The summed E-state index contributed by atoms with van der Waals surface area (Å²) in [6.07, 6.45) is 3.08. The molecule has 0 radical (unpaired) electrons. The van der Waals surface area contributed by atoms with Crippen molar-refractivity contribution in [3.63, 3.8) is 0 Å². The molecule has 0 spiro atoms. The van der Waals surface area contributed by atoms with Gasteiger partial charge in [-0.15, -0.1) is 0 Å². The molecule has 1 fully saturated rings. The fourth-order valence-electron chi connectivity index (χ4n) is 1.87. The minimum absolute atomic E-state index is 0.306. The summed E-state index contributed by atoms with van der Waals surface area (Å²) in [4.78, 5) is 0. The molecule has 0 aromatic heterocycles. The van der Waals surface area contributed by atoms with E-state index in [1.165, 1.54) is 12.1 Å². The van der Waals surface area contributed by atoms with E-state index < -0.39 is 0 Å². The average molecular weight is 244 g/mol. The van der Waals surface area contributed by atoms with Gasteiger partial charge in [0.15, 0.2) is 0 Å². The highest BCUT2D eigenvalue weighted by Crippen LogP contribution is 2.25. The Labute approximate surface area is 99.7 Å². The van der Waals surface area contributed by atoms with Crippen molar-refractivity contribution in [1.82, 2.24) is 0 Å². The number of nitrogens with one attached hydrogen (secondary N) is 1. The van der Waals surface area contributed by atoms with Gasteiger partial charge in [0.05, 0.1) is 10.7 Å². The fraction of sp³-hybridized carbons (Fsp3) is 0.500. The van der Waals surface area contributed by atoms with Crippen LogP contribution in [-0.4, -0.2) is 19.3 Å². The zero-order chi connectivity index (χ0) is 11.4. The third-order valence-corrected chi connectivity index (χ3v) is 3.06. The van der Waals surface area contributed by atoms with Crippen LogP contribution in [0.3, 0.4) is 0 Å². The van der Waals surface area contributed by atoms with Gasteiger partial charge in [-0.2, -0.15) is 0 Å². The van der Waals surface area contributed by atoms with Crippen LogP contribution in [0, 0.1) is 5.82 Å². The van der Waals surface area contributed by atoms with Gasteiger partial charge in [0.1, 0.15) is 5.82 Å². The van der Waals surface area contributed by atoms with Gasteiger partial charge < -0.3 is 10.1 Å². The molecule has 1 unspecified atom stereocenters. The zero-order valence-electron chi connectivity index (χ0n) is 9.01. The number of hydrogen-bond acceptors (Lipinski definition) is 2. The molecule has 0 saturated carbocycles. The zero-order valence-corrected chi connectivity index (χ0v) is 9.77. The van der Waals surface area contributed by atoms with E-state index in [4.69, 9.17) is 16.3 Å². The maximum absolute atomic E-state index is 12.9. The first-order chi connectivity index (χ1) is 7.75. The van der Waals surface area contributed by atoms with E-state index in [2.05, 4.69) is 5.32 Å². The highest BCUT2D eigenvalue weighted by Gasteiger charge is 2.13. The van der Waals surface area contributed by atoms with Crippen molar-refractivity contribution in [2.24, 2.45) is 0 Å². The Kier molecular flexibility index (Phi) is 4.02. The van der Waals surface area contributed by atoms with Crippen LogP contribution in [0.15, 0.2) is 18.2 Å². The lowest BCUT2D eigenvalue weighted by molar-refractivity contribution is 0.144. The Bertz CT molecular complexity index is 351. The van der Waals surface area contributed by atoms with Crippen molar-refractivity contribution >= 4 is 17.3 Å². The molecule has 0 aliphatic carbocycles. The van der Waals surface area contributed by atoms with Crippen molar-refractivity contribution in [1.29, 1.82) is 0 Å². The van der Waals surface area contributed by atoms with Gasteiger partial charge in [-0.25, -0.2) is 4.39 Å². The van der Waals surface area contributed by atoms with E-state index in [9.17, 15) is 4.39 Å². The maximum Gasteiger partial charge on any atom is 0.124 e. The number of rotatable bonds is 2. The Morgan fingerprint density at radius 3 is 3.00 bits per heavy atom. The lowest BCUT2D eigenvalue weighted by Crippen LogP contribution is -2.19. The highest BCUT2D eigenvalue weighted by molar-refractivity contribution is 6.33. The largest absolute Gasteiger partial charge is 0.381 e. The van der Waals surface area contributed by atoms with Crippen molar-refractivity contribution < 1.29 is 9.13 Å². The van der Waals surface area contributed by atoms with Crippen molar-refractivity contribution in [3.05, 3.63) is 29.0 Å². The summed E-state index contributed by atoms with van der Waals surface area (Å²) < 4.78 is 18.2. The Balaban J connectivity index is 2.01. The molecule has 1 atom stereocenters. The third kappa shape index (κ3) is 3.09. The first kappa shape index (κ1) is 11.7. The van der Waals surface area contributed by atoms with E-state index in [1.54, 1.807) is 6.07 Å². The summed E-state index contributed by atoms with van der Waals surface area (Å²) in [6.45, 7) is 1.60. The van der Waals surface area contributed by atoms with E-state index in [-0.39, 0.29) is 5.82 Å². The number of ether oxygens (including phenoxy) is 1. The number of hydrogen-bond donors (Lipinski definition) is 1. The number of benzene rings is 1. The van der Waals surface area contributed by atoms with Gasteiger partial charge >= 0.3 is 0 Å². The summed E-state index contributed by atoms with van der Waals surface area (Å²) >= 11 is 5.96. The van der Waals surface area contributed by atoms with Gasteiger partial charge in [-0.05, 0) is 37.5 Å². The molecule has 2 rings (SSSR count). The average Bonchev–Trinajstić information content (AvgIpc) is 2.51. The van der Waals surface area contributed by atoms with Crippen LogP contribution in [0.25, 0.3) is 0 Å². The molecule has 0 amide bonds. The number of anilines is 1. The molecule has 1 heterocycles. The molecule has 1 aromatic carbocycles. The van der Waals surface area contributed by atoms with E-state index in [0.717, 1.165) is 38.2 Å². The van der Waals surface area contributed by atoms with Crippen LogP contribution >= 0.6 is 11.6 Å². The van der Waals surface area contributed by atoms with Crippen LogP contribution in [0.4, 0.5) is 10.1 Å². The standard InChI is InChI=1S/C12H15ClFNO/c13-11-8-9(14)3-4-12(11)15-10-2-1-6-16-7-5-10/h3-4,8,10,15H,1-2,5-7H2. The second kappa shape index (κ2) is 5.51. The summed E-state index contributed by atoms with van der Waals surface area (Å²) in [5.74, 6) is -0.306. The molecular formula is C12H15ClFNO. The maximum atomic E-state index is 12.9. The van der Waals surface area contributed by atoms with Gasteiger partial charge in [0.25, 0.3) is 0 Å². The lowest BCUT2D eigenvalue weighted by Gasteiger charge is -2.17. The molecule has 1 saturated heterocycles. The van der Waals surface area contributed by atoms with Crippen molar-refractivity contribution in [2.75, 3.05) is 18.5 Å². The van der Waals surface area contributed by atoms with Crippen molar-refractivity contribution in [2.45, 2.75) is 25.3 Å². The van der Waals surface area contributed by atoms with Gasteiger partial charge in [0.2, 0.25) is 0 Å². The normalized spacial score (nSPS) is 21.5. The van der Waals surface area contributed by atoms with Crippen LogP contribution in [0.1, 0.15) is 19.3 Å². The summed E-state index contributed by atoms with van der Waals surface area (Å²) in [6, 6.07) is 4.80. The van der Waals surface area contributed by atoms with Crippen molar-refractivity contribution in [3.8, 4) is 0 Å². The molecule has 2 nitrogen and oxygen atoms in total. The van der Waals surface area contributed by atoms with E-state index in [1.807, 2.05) is 0 Å². The summed E-state index contributed by atoms with van der Waals surface area (Å²) in [7, 11) is 0. The first-order valence-electron chi connectivity index (χ1n) is 5.55. The highest BCUT2D eigenvalue weighted by atomic mass is 35.5. The van der Waals surface area contributed by atoms with Crippen LogP contribution in [0.2, 0.25) is 5.02 Å². The van der Waals surface area contributed by atoms with Crippen LogP contribution in [0.5, 0.6) is 0 Å². The second-order valence-electron chi connectivity index (χ2n) is 4.01. The van der Waals surface area contributed by atoms with E-state index in [0.29, 0.717) is 11.1 Å². The molecule has 1 aliphatic heterocycles. The third-order valence-electron chi connectivity index (χ3n) is 2.74. The second-order valence-corrected chi connectivity index (χ2v) is 4.42. The first-order valence-corrected chi connectivity index (χ1v) is 5.93. The van der Waals surface area contributed by atoms with Gasteiger partial charge in [-0.1, -0.05) is 11.6 Å². The predicted octanol–water partition coefficient (Wildman–Crippen LogP) is 3.46. The predicted molar refractivity (Wildman–Crippen MR) is 63.5 cm³/mol. The summed E-state index contributed by atoms with van der Waals surface area (Å²) in [5.41, 5.74) is 0.801.